The molecule has 1 N–H and O–H groups in total. The fraction of sp³-hybridized carbons (Fsp3) is 0.235. The van der Waals surface area contributed by atoms with Crippen LogP contribution in [-0.2, 0) is 11.3 Å². The number of nitrogens with zero attached hydrogens (tertiary/aromatic N) is 3. The normalized spacial score (nSPS) is 10.9. The van der Waals surface area contributed by atoms with Gasteiger partial charge in [0.25, 0.3) is 5.56 Å². The minimum atomic E-state index is -0.281. The molecule has 0 aliphatic rings. The van der Waals surface area contributed by atoms with Crippen LogP contribution in [0.15, 0.2) is 41.3 Å². The largest absolute Gasteiger partial charge is 0.324 e. The lowest BCUT2D eigenvalue weighted by atomic mass is 10.1. The predicted molar refractivity (Wildman–Crippen MR) is 88.7 cm³/mol. The second kappa shape index (κ2) is 5.72. The average Bonchev–Trinajstić information content (AvgIpc) is 2.98. The molecule has 118 valence electrons. The Hall–Kier alpha value is -2.89. The first-order chi connectivity index (χ1) is 11.0. The Morgan fingerprint density at radius 1 is 1.22 bits per heavy atom. The summed E-state index contributed by atoms with van der Waals surface area (Å²) in [6, 6.07) is 9.29. The molecule has 0 aliphatic carbocycles. The zero-order valence-electron chi connectivity index (χ0n) is 13.3. The van der Waals surface area contributed by atoms with Gasteiger partial charge in [0, 0.05) is 11.9 Å². The molecule has 0 saturated carbocycles. The number of benzene rings is 1. The van der Waals surface area contributed by atoms with Crippen LogP contribution in [0.5, 0.6) is 0 Å². The molecule has 0 spiro atoms. The van der Waals surface area contributed by atoms with Crippen molar-refractivity contribution in [2.24, 2.45) is 0 Å². The van der Waals surface area contributed by atoms with Gasteiger partial charge in [0.15, 0.2) is 0 Å². The maximum atomic E-state index is 12.3. The van der Waals surface area contributed by atoms with Crippen molar-refractivity contribution < 1.29 is 4.79 Å². The molecule has 1 aromatic carbocycles. The number of carbonyl (C=O) groups excluding carboxylic acids is 1. The summed E-state index contributed by atoms with van der Waals surface area (Å²) in [4.78, 5) is 24.6. The molecule has 0 unspecified atom stereocenters. The van der Waals surface area contributed by atoms with Crippen molar-refractivity contribution in [2.45, 2.75) is 27.3 Å². The van der Waals surface area contributed by atoms with Crippen LogP contribution in [-0.4, -0.2) is 20.1 Å². The van der Waals surface area contributed by atoms with Crippen LogP contribution in [0.25, 0.3) is 5.52 Å². The maximum Gasteiger partial charge on any atom is 0.291 e. The molecule has 0 atom stereocenters. The van der Waals surface area contributed by atoms with Crippen LogP contribution < -0.4 is 10.9 Å². The molecule has 0 saturated heterocycles. The molecule has 0 bridgehead atoms. The van der Waals surface area contributed by atoms with Crippen molar-refractivity contribution in [1.29, 1.82) is 0 Å². The van der Waals surface area contributed by atoms with E-state index in [0.717, 1.165) is 16.8 Å². The minimum absolute atomic E-state index is 0.116. The third-order valence-electron chi connectivity index (χ3n) is 3.77. The van der Waals surface area contributed by atoms with E-state index in [1.807, 2.05) is 32.0 Å². The number of aryl methyl sites for hydroxylation is 3. The first kappa shape index (κ1) is 15.0. The van der Waals surface area contributed by atoms with Gasteiger partial charge in [0.2, 0.25) is 5.91 Å². The van der Waals surface area contributed by atoms with Crippen molar-refractivity contribution in [1.82, 2.24) is 14.2 Å². The maximum absolute atomic E-state index is 12.3. The summed E-state index contributed by atoms with van der Waals surface area (Å²) in [5.74, 6) is 0.380. The smallest absolute Gasteiger partial charge is 0.291 e. The lowest BCUT2D eigenvalue weighted by molar-refractivity contribution is -0.117. The van der Waals surface area contributed by atoms with E-state index in [1.165, 1.54) is 4.68 Å². The standard InChI is InChI=1S/C17H18N4O2/c1-11-6-7-14(12(2)9-11)18-16(22)10-21-17(23)15-5-4-8-20(15)13(3)19-21/h4-9H,10H2,1-3H3,(H,18,22). The molecule has 6 heteroatoms. The first-order valence-corrected chi connectivity index (χ1v) is 7.37. The molecule has 1 amide bonds. The quantitative estimate of drug-likeness (QED) is 0.805. The highest BCUT2D eigenvalue weighted by atomic mass is 16.2. The molecule has 3 aromatic rings. The fourth-order valence-corrected chi connectivity index (χ4v) is 2.62. The Morgan fingerprint density at radius 3 is 2.74 bits per heavy atom. The Labute approximate surface area is 133 Å². The molecule has 2 heterocycles. The van der Waals surface area contributed by atoms with Crippen LogP contribution in [0, 0.1) is 20.8 Å². The van der Waals surface area contributed by atoms with Crippen LogP contribution >= 0.6 is 0 Å². The number of hydrogen-bond acceptors (Lipinski definition) is 3. The molecule has 23 heavy (non-hydrogen) atoms. The van der Waals surface area contributed by atoms with Gasteiger partial charge in [-0.25, -0.2) is 4.68 Å². The lowest BCUT2D eigenvalue weighted by Crippen LogP contribution is -2.31. The molecule has 3 rings (SSSR count). The van der Waals surface area contributed by atoms with E-state index in [9.17, 15) is 9.59 Å². The van der Waals surface area contributed by atoms with E-state index >= 15 is 0 Å². The second-order valence-corrected chi connectivity index (χ2v) is 5.64. The van der Waals surface area contributed by atoms with E-state index in [-0.39, 0.29) is 18.0 Å². The van der Waals surface area contributed by atoms with E-state index in [2.05, 4.69) is 10.4 Å². The van der Waals surface area contributed by atoms with Crippen LogP contribution in [0.4, 0.5) is 5.69 Å². The molecular formula is C17H18N4O2. The third kappa shape index (κ3) is 2.88. The summed E-state index contributed by atoms with van der Waals surface area (Å²) in [6.45, 7) is 5.61. The summed E-state index contributed by atoms with van der Waals surface area (Å²) < 4.78 is 2.91. The van der Waals surface area contributed by atoms with Crippen molar-refractivity contribution in [3.63, 3.8) is 0 Å². The minimum Gasteiger partial charge on any atom is -0.324 e. The molecule has 0 fully saturated rings. The SMILES string of the molecule is Cc1ccc(NC(=O)Cn2nc(C)n3cccc3c2=O)c(C)c1. The van der Waals surface area contributed by atoms with Crippen LogP contribution in [0.1, 0.15) is 17.0 Å². The molecule has 0 radical (unpaired) electrons. The van der Waals surface area contributed by atoms with Gasteiger partial charge in [0.1, 0.15) is 17.9 Å². The Bertz CT molecular complexity index is 953. The zero-order valence-corrected chi connectivity index (χ0v) is 13.3. The van der Waals surface area contributed by atoms with E-state index < -0.39 is 0 Å². The summed E-state index contributed by atoms with van der Waals surface area (Å²) in [7, 11) is 0. The van der Waals surface area contributed by atoms with Gasteiger partial charge in [-0.1, -0.05) is 17.7 Å². The first-order valence-electron chi connectivity index (χ1n) is 7.37. The van der Waals surface area contributed by atoms with Gasteiger partial charge in [-0.2, -0.15) is 5.10 Å². The Kier molecular flexibility index (Phi) is 3.73. The summed E-state index contributed by atoms with van der Waals surface area (Å²) >= 11 is 0. The number of nitrogens with one attached hydrogen (secondary N) is 1. The van der Waals surface area contributed by atoms with Crippen molar-refractivity contribution >= 4 is 17.1 Å². The summed E-state index contributed by atoms with van der Waals surface area (Å²) in [6.07, 6.45) is 1.78. The van der Waals surface area contributed by atoms with Gasteiger partial charge in [-0.3, -0.25) is 14.0 Å². The van der Waals surface area contributed by atoms with Crippen molar-refractivity contribution in [3.05, 3.63) is 63.8 Å². The number of carbonyl (C=O) groups is 1. The lowest BCUT2D eigenvalue weighted by Gasteiger charge is -2.11. The molecular weight excluding hydrogens is 292 g/mol. The molecule has 0 aliphatic heterocycles. The summed E-state index contributed by atoms with van der Waals surface area (Å²) in [5.41, 5.74) is 3.09. The Morgan fingerprint density at radius 2 is 2.00 bits per heavy atom. The zero-order chi connectivity index (χ0) is 16.6. The summed E-state index contributed by atoms with van der Waals surface area (Å²) in [5, 5.41) is 7.03. The highest BCUT2D eigenvalue weighted by molar-refractivity contribution is 5.91. The van der Waals surface area contributed by atoms with Crippen molar-refractivity contribution in [3.8, 4) is 0 Å². The topological polar surface area (TPSA) is 68.4 Å². The predicted octanol–water partition coefficient (Wildman–Crippen LogP) is 2.06. The number of anilines is 1. The van der Waals surface area contributed by atoms with Gasteiger partial charge < -0.3 is 5.32 Å². The molecule has 6 nitrogen and oxygen atoms in total. The van der Waals surface area contributed by atoms with Gasteiger partial charge >= 0.3 is 0 Å². The fourth-order valence-electron chi connectivity index (χ4n) is 2.62. The number of amides is 1. The second-order valence-electron chi connectivity index (χ2n) is 5.64. The highest BCUT2D eigenvalue weighted by Gasteiger charge is 2.11. The highest BCUT2D eigenvalue weighted by Crippen LogP contribution is 2.15. The number of fused-ring (bicyclic) bond motifs is 1. The van der Waals surface area contributed by atoms with E-state index in [4.69, 9.17) is 0 Å². The van der Waals surface area contributed by atoms with E-state index in [1.54, 1.807) is 29.7 Å². The number of aromatic nitrogens is 3. The van der Waals surface area contributed by atoms with Crippen LogP contribution in [0.2, 0.25) is 0 Å². The average molecular weight is 310 g/mol. The number of hydrogen-bond donors (Lipinski definition) is 1. The number of rotatable bonds is 3. The third-order valence-corrected chi connectivity index (χ3v) is 3.77. The monoisotopic (exact) mass is 310 g/mol. The van der Waals surface area contributed by atoms with Gasteiger partial charge in [0.05, 0.1) is 0 Å². The van der Waals surface area contributed by atoms with Gasteiger partial charge in [-0.05, 0) is 44.5 Å². The Balaban J connectivity index is 1.85. The van der Waals surface area contributed by atoms with E-state index in [0.29, 0.717) is 11.3 Å². The van der Waals surface area contributed by atoms with Gasteiger partial charge in [-0.15, -0.1) is 0 Å². The van der Waals surface area contributed by atoms with Crippen LogP contribution in [0.3, 0.4) is 0 Å². The van der Waals surface area contributed by atoms with Crippen molar-refractivity contribution in [2.75, 3.05) is 5.32 Å². The molecule has 2 aromatic heterocycles.